The van der Waals surface area contributed by atoms with E-state index >= 15 is 0 Å². The minimum atomic E-state index is -0.153. The molecule has 6 heteroatoms. The van der Waals surface area contributed by atoms with Crippen LogP contribution in [0.5, 0.6) is 0 Å². The van der Waals surface area contributed by atoms with Crippen molar-refractivity contribution in [2.75, 3.05) is 40.3 Å². The Balaban J connectivity index is 2.04. The van der Waals surface area contributed by atoms with Gasteiger partial charge in [-0.15, -0.1) is 0 Å². The van der Waals surface area contributed by atoms with Crippen molar-refractivity contribution in [2.24, 2.45) is 0 Å². The number of piperidine rings is 1. The number of rotatable bonds is 6. The van der Waals surface area contributed by atoms with Crippen LogP contribution in [0.1, 0.15) is 19.3 Å². The minimum absolute atomic E-state index is 0.00886. The van der Waals surface area contributed by atoms with Crippen LogP contribution in [0.15, 0.2) is 0 Å². The van der Waals surface area contributed by atoms with E-state index in [4.69, 9.17) is 4.74 Å². The SMILES string of the molecule is CN(C)C(=O)CCNC(=O)COC1CCNCC1. The average Bonchev–Trinajstić information content (AvgIpc) is 2.37. The molecule has 2 amide bonds. The van der Waals surface area contributed by atoms with E-state index in [0.717, 1.165) is 25.9 Å². The molecule has 0 aromatic carbocycles. The van der Waals surface area contributed by atoms with Gasteiger partial charge in [-0.1, -0.05) is 0 Å². The zero-order chi connectivity index (χ0) is 13.4. The summed E-state index contributed by atoms with van der Waals surface area (Å²) in [7, 11) is 3.40. The highest BCUT2D eigenvalue weighted by molar-refractivity contribution is 5.79. The minimum Gasteiger partial charge on any atom is -0.368 e. The molecule has 18 heavy (non-hydrogen) atoms. The van der Waals surface area contributed by atoms with Crippen molar-refractivity contribution in [1.29, 1.82) is 0 Å². The van der Waals surface area contributed by atoms with Crippen molar-refractivity contribution in [3.8, 4) is 0 Å². The Hall–Kier alpha value is -1.14. The van der Waals surface area contributed by atoms with Crippen LogP contribution < -0.4 is 10.6 Å². The van der Waals surface area contributed by atoms with Gasteiger partial charge in [-0.3, -0.25) is 9.59 Å². The van der Waals surface area contributed by atoms with Crippen LogP contribution in [0.4, 0.5) is 0 Å². The summed E-state index contributed by atoms with van der Waals surface area (Å²) in [4.78, 5) is 24.2. The molecule has 1 saturated heterocycles. The van der Waals surface area contributed by atoms with Crippen LogP contribution in [0.2, 0.25) is 0 Å². The lowest BCUT2D eigenvalue weighted by Crippen LogP contribution is -2.36. The van der Waals surface area contributed by atoms with Crippen molar-refractivity contribution in [2.45, 2.75) is 25.4 Å². The van der Waals surface area contributed by atoms with Crippen molar-refractivity contribution in [3.05, 3.63) is 0 Å². The highest BCUT2D eigenvalue weighted by Gasteiger charge is 2.14. The number of nitrogens with zero attached hydrogens (tertiary/aromatic N) is 1. The second-order valence-electron chi connectivity index (χ2n) is 4.65. The predicted octanol–water partition coefficient (Wildman–Crippen LogP) is -0.650. The summed E-state index contributed by atoms with van der Waals surface area (Å²) in [6.07, 6.45) is 2.41. The first-order valence-electron chi connectivity index (χ1n) is 6.38. The van der Waals surface area contributed by atoms with Crippen LogP contribution >= 0.6 is 0 Å². The molecule has 0 bridgehead atoms. The van der Waals surface area contributed by atoms with E-state index in [1.54, 1.807) is 14.1 Å². The van der Waals surface area contributed by atoms with Crippen LogP contribution in [-0.2, 0) is 14.3 Å². The molecule has 0 unspecified atom stereocenters. The van der Waals surface area contributed by atoms with E-state index in [9.17, 15) is 9.59 Å². The third kappa shape index (κ3) is 5.97. The maximum Gasteiger partial charge on any atom is 0.246 e. The molecule has 0 radical (unpaired) electrons. The van der Waals surface area contributed by atoms with E-state index in [1.165, 1.54) is 4.90 Å². The van der Waals surface area contributed by atoms with Crippen LogP contribution in [0.25, 0.3) is 0 Å². The summed E-state index contributed by atoms with van der Waals surface area (Å²) in [6, 6.07) is 0. The van der Waals surface area contributed by atoms with Crippen molar-refractivity contribution in [3.63, 3.8) is 0 Å². The number of ether oxygens (including phenoxy) is 1. The fraction of sp³-hybridized carbons (Fsp3) is 0.833. The highest BCUT2D eigenvalue weighted by atomic mass is 16.5. The number of carbonyl (C=O) groups is 2. The van der Waals surface area contributed by atoms with Crippen LogP contribution in [0, 0.1) is 0 Å². The molecule has 0 saturated carbocycles. The van der Waals surface area contributed by atoms with Crippen molar-refractivity contribution in [1.82, 2.24) is 15.5 Å². The molecule has 2 N–H and O–H groups in total. The number of hydrogen-bond donors (Lipinski definition) is 2. The van der Waals surface area contributed by atoms with Crippen molar-refractivity contribution < 1.29 is 14.3 Å². The van der Waals surface area contributed by atoms with Gasteiger partial charge in [0.25, 0.3) is 0 Å². The van der Waals surface area contributed by atoms with Gasteiger partial charge in [0.15, 0.2) is 0 Å². The number of nitrogens with one attached hydrogen (secondary N) is 2. The molecule has 1 rings (SSSR count). The van der Waals surface area contributed by atoms with Gasteiger partial charge in [0.05, 0.1) is 6.10 Å². The maximum absolute atomic E-state index is 11.5. The lowest BCUT2D eigenvalue weighted by Gasteiger charge is -2.22. The Kier molecular flexibility index (Phi) is 6.67. The van der Waals surface area contributed by atoms with Crippen LogP contribution in [-0.4, -0.2) is 63.2 Å². The summed E-state index contributed by atoms with van der Waals surface area (Å²) in [5.74, 6) is -0.144. The van der Waals surface area contributed by atoms with Gasteiger partial charge in [0.2, 0.25) is 11.8 Å². The number of hydrogen-bond acceptors (Lipinski definition) is 4. The monoisotopic (exact) mass is 257 g/mol. The van der Waals surface area contributed by atoms with E-state index in [2.05, 4.69) is 10.6 Å². The molecule has 0 aromatic rings. The van der Waals surface area contributed by atoms with Gasteiger partial charge in [-0.05, 0) is 25.9 Å². The first kappa shape index (κ1) is 14.9. The Bertz CT molecular complexity index is 276. The molecule has 0 spiro atoms. The fourth-order valence-corrected chi connectivity index (χ4v) is 1.74. The smallest absolute Gasteiger partial charge is 0.246 e. The largest absolute Gasteiger partial charge is 0.368 e. The number of carbonyl (C=O) groups excluding carboxylic acids is 2. The van der Waals surface area contributed by atoms with E-state index < -0.39 is 0 Å². The summed E-state index contributed by atoms with van der Waals surface area (Å²) in [5, 5.41) is 5.92. The molecule has 6 nitrogen and oxygen atoms in total. The summed E-state index contributed by atoms with van der Waals surface area (Å²) < 4.78 is 5.50. The van der Waals surface area contributed by atoms with E-state index in [0.29, 0.717) is 13.0 Å². The normalized spacial score (nSPS) is 16.3. The topological polar surface area (TPSA) is 70.7 Å². The molecule has 1 aliphatic heterocycles. The quantitative estimate of drug-likeness (QED) is 0.663. The summed E-state index contributed by atoms with van der Waals surface area (Å²) in [6.45, 7) is 2.35. The van der Waals surface area contributed by atoms with Gasteiger partial charge < -0.3 is 20.3 Å². The Morgan fingerprint density at radius 2 is 2.00 bits per heavy atom. The standard InChI is InChI=1S/C12H23N3O3/c1-15(2)12(17)5-8-14-11(16)9-18-10-3-6-13-7-4-10/h10,13H,3-9H2,1-2H3,(H,14,16). The van der Waals surface area contributed by atoms with Gasteiger partial charge in [-0.25, -0.2) is 0 Å². The fourth-order valence-electron chi connectivity index (χ4n) is 1.74. The van der Waals surface area contributed by atoms with Crippen LogP contribution in [0.3, 0.4) is 0 Å². The van der Waals surface area contributed by atoms with E-state index in [-0.39, 0.29) is 24.5 Å². The van der Waals surface area contributed by atoms with Gasteiger partial charge in [0.1, 0.15) is 6.61 Å². The highest BCUT2D eigenvalue weighted by Crippen LogP contribution is 2.06. The summed E-state index contributed by atoms with van der Waals surface area (Å²) in [5.41, 5.74) is 0. The zero-order valence-corrected chi connectivity index (χ0v) is 11.2. The molecule has 0 atom stereocenters. The molecule has 1 heterocycles. The Morgan fingerprint density at radius 3 is 2.61 bits per heavy atom. The van der Waals surface area contributed by atoms with E-state index in [1.807, 2.05) is 0 Å². The van der Waals surface area contributed by atoms with Gasteiger partial charge >= 0.3 is 0 Å². The first-order valence-corrected chi connectivity index (χ1v) is 6.38. The second-order valence-corrected chi connectivity index (χ2v) is 4.65. The molecule has 0 aromatic heterocycles. The van der Waals surface area contributed by atoms with Gasteiger partial charge in [-0.2, -0.15) is 0 Å². The lowest BCUT2D eigenvalue weighted by atomic mass is 10.1. The Morgan fingerprint density at radius 1 is 1.33 bits per heavy atom. The lowest BCUT2D eigenvalue weighted by molar-refractivity contribution is -0.130. The third-order valence-electron chi connectivity index (χ3n) is 2.90. The molecule has 0 aliphatic carbocycles. The molecular weight excluding hydrogens is 234 g/mol. The second kappa shape index (κ2) is 8.05. The van der Waals surface area contributed by atoms with Crippen molar-refractivity contribution >= 4 is 11.8 Å². The molecular formula is C12H23N3O3. The zero-order valence-electron chi connectivity index (χ0n) is 11.2. The third-order valence-corrected chi connectivity index (χ3v) is 2.90. The Labute approximate surface area is 108 Å². The average molecular weight is 257 g/mol. The summed E-state index contributed by atoms with van der Waals surface area (Å²) >= 11 is 0. The first-order chi connectivity index (χ1) is 8.59. The molecule has 104 valence electrons. The van der Waals surface area contributed by atoms with Gasteiger partial charge in [0, 0.05) is 27.1 Å². The molecule has 1 fully saturated rings. The number of amides is 2. The molecule has 1 aliphatic rings. The predicted molar refractivity (Wildman–Crippen MR) is 68.2 cm³/mol. The maximum atomic E-state index is 11.5.